The highest BCUT2D eigenvalue weighted by Gasteiger charge is 2.10. The number of ketones is 1. The Bertz CT molecular complexity index is 1050. The lowest BCUT2D eigenvalue weighted by molar-refractivity contribution is 0.101. The van der Waals surface area contributed by atoms with Gasteiger partial charge in [0, 0.05) is 17.4 Å². The van der Waals surface area contributed by atoms with E-state index in [-0.39, 0.29) is 5.78 Å². The molecule has 0 aliphatic rings. The summed E-state index contributed by atoms with van der Waals surface area (Å²) < 4.78 is 2.51. The fourth-order valence-corrected chi connectivity index (χ4v) is 3.42. The Morgan fingerprint density at radius 1 is 1.18 bits per heavy atom. The molecule has 0 bridgehead atoms. The van der Waals surface area contributed by atoms with Crippen LogP contribution in [0.5, 0.6) is 0 Å². The Balaban J connectivity index is 1.67. The summed E-state index contributed by atoms with van der Waals surface area (Å²) in [7, 11) is 0. The van der Waals surface area contributed by atoms with Crippen LogP contribution in [0.15, 0.2) is 53.1 Å². The molecule has 0 saturated heterocycles. The smallest absolute Gasteiger partial charge is 0.176 e. The van der Waals surface area contributed by atoms with Crippen LogP contribution in [0.4, 0.5) is 11.5 Å². The molecule has 0 unspecified atom stereocenters. The lowest BCUT2D eigenvalue weighted by Gasteiger charge is -2.10. The van der Waals surface area contributed by atoms with Crippen molar-refractivity contribution in [1.82, 2.24) is 9.78 Å². The molecule has 1 heterocycles. The lowest BCUT2D eigenvalue weighted by Crippen LogP contribution is -2.20. The van der Waals surface area contributed by atoms with Gasteiger partial charge in [-0.1, -0.05) is 41.4 Å². The molecule has 3 rings (SSSR count). The third-order valence-electron chi connectivity index (χ3n) is 3.80. The number of anilines is 2. The number of carbonyl (C=O) groups excluding carboxylic acids is 1. The predicted molar refractivity (Wildman–Crippen MR) is 122 cm³/mol. The van der Waals surface area contributed by atoms with Gasteiger partial charge < -0.3 is 10.6 Å². The normalized spacial score (nSPS) is 10.6. The van der Waals surface area contributed by atoms with Gasteiger partial charge in [-0.05, 0) is 64.9 Å². The molecular formula is C19H15BrCl2N4OS. The van der Waals surface area contributed by atoms with Crippen LogP contribution < -0.4 is 10.6 Å². The second kappa shape index (κ2) is 9.05. The molecule has 0 spiro atoms. The Hall–Kier alpha value is -1.93. The zero-order chi connectivity index (χ0) is 20.3. The first-order valence-corrected chi connectivity index (χ1v) is 10.1. The van der Waals surface area contributed by atoms with Crippen molar-refractivity contribution in [3.8, 4) is 0 Å². The van der Waals surface area contributed by atoms with E-state index in [4.69, 9.17) is 35.4 Å². The highest BCUT2D eigenvalue weighted by Crippen LogP contribution is 2.25. The average molecular weight is 498 g/mol. The maximum atomic E-state index is 11.5. The van der Waals surface area contributed by atoms with E-state index >= 15 is 0 Å². The first-order valence-electron chi connectivity index (χ1n) is 8.17. The molecule has 144 valence electrons. The maximum Gasteiger partial charge on any atom is 0.176 e. The molecule has 0 atom stereocenters. The summed E-state index contributed by atoms with van der Waals surface area (Å²) in [5, 5.41) is 12.0. The predicted octanol–water partition coefficient (Wildman–Crippen LogP) is 6.01. The number of Topliss-reactive ketones (excluding diaryl/α,β-unsaturated/α-hetero) is 1. The van der Waals surface area contributed by atoms with E-state index in [0.29, 0.717) is 33.1 Å². The van der Waals surface area contributed by atoms with Gasteiger partial charge in [-0.15, -0.1) is 0 Å². The van der Waals surface area contributed by atoms with E-state index in [9.17, 15) is 4.79 Å². The highest BCUT2D eigenvalue weighted by atomic mass is 79.9. The number of aromatic nitrogens is 2. The van der Waals surface area contributed by atoms with E-state index in [1.165, 1.54) is 6.92 Å². The van der Waals surface area contributed by atoms with E-state index in [0.717, 1.165) is 15.7 Å². The Morgan fingerprint density at radius 2 is 1.96 bits per heavy atom. The second-order valence-corrected chi connectivity index (χ2v) is 8.06. The van der Waals surface area contributed by atoms with Gasteiger partial charge in [0.25, 0.3) is 0 Å². The van der Waals surface area contributed by atoms with Crippen LogP contribution in [-0.2, 0) is 6.54 Å². The Labute approximate surface area is 186 Å². The quantitative estimate of drug-likeness (QED) is 0.333. The standard InChI is InChI=1S/C19H15BrCl2N4OS/c1-11(27)13-3-2-4-14(8-13)23-19(28)24-18-15(20)10-26(25-18)9-12-5-6-16(21)17(22)7-12/h2-8,10H,9H2,1H3,(H2,23,24,25,28). The molecule has 0 saturated carbocycles. The number of hydrogen-bond acceptors (Lipinski definition) is 3. The third-order valence-corrected chi connectivity index (χ3v) is 5.33. The first kappa shape index (κ1) is 20.8. The van der Waals surface area contributed by atoms with Gasteiger partial charge in [0.1, 0.15) is 0 Å². The van der Waals surface area contributed by atoms with Gasteiger partial charge in [0.05, 0.1) is 21.1 Å². The van der Waals surface area contributed by atoms with Gasteiger partial charge in [0.2, 0.25) is 0 Å². The van der Waals surface area contributed by atoms with Crippen molar-refractivity contribution < 1.29 is 4.79 Å². The number of carbonyl (C=O) groups is 1. The molecule has 0 aliphatic heterocycles. The summed E-state index contributed by atoms with van der Waals surface area (Å²) in [5.41, 5.74) is 2.30. The molecule has 9 heteroatoms. The van der Waals surface area contributed by atoms with Crippen LogP contribution >= 0.6 is 51.3 Å². The third kappa shape index (κ3) is 5.32. The van der Waals surface area contributed by atoms with Crippen LogP contribution in [-0.4, -0.2) is 20.7 Å². The van der Waals surface area contributed by atoms with Crippen LogP contribution in [0.3, 0.4) is 0 Å². The molecule has 0 aliphatic carbocycles. The van der Waals surface area contributed by atoms with Crippen molar-refractivity contribution in [3.05, 3.63) is 74.3 Å². The summed E-state index contributed by atoms with van der Waals surface area (Å²) in [6, 6.07) is 12.6. The molecule has 0 fully saturated rings. The largest absolute Gasteiger partial charge is 0.332 e. The van der Waals surface area contributed by atoms with Crippen LogP contribution in [0.25, 0.3) is 0 Å². The van der Waals surface area contributed by atoms with Crippen LogP contribution in [0, 0.1) is 0 Å². The number of thiocarbonyl (C=S) groups is 1. The second-order valence-electron chi connectivity index (χ2n) is 5.99. The van der Waals surface area contributed by atoms with E-state index in [2.05, 4.69) is 31.7 Å². The van der Waals surface area contributed by atoms with Crippen molar-refractivity contribution >= 4 is 73.8 Å². The van der Waals surface area contributed by atoms with E-state index < -0.39 is 0 Å². The van der Waals surface area contributed by atoms with Gasteiger partial charge >= 0.3 is 0 Å². The summed E-state index contributed by atoms with van der Waals surface area (Å²) in [4.78, 5) is 11.5. The van der Waals surface area contributed by atoms with Gasteiger partial charge in [0.15, 0.2) is 16.7 Å². The molecule has 0 radical (unpaired) electrons. The van der Waals surface area contributed by atoms with E-state index in [1.807, 2.05) is 18.3 Å². The number of benzene rings is 2. The van der Waals surface area contributed by atoms with Crippen molar-refractivity contribution in [1.29, 1.82) is 0 Å². The molecule has 3 aromatic rings. The van der Waals surface area contributed by atoms with E-state index in [1.54, 1.807) is 35.0 Å². The lowest BCUT2D eigenvalue weighted by atomic mass is 10.1. The minimum Gasteiger partial charge on any atom is -0.332 e. The summed E-state index contributed by atoms with van der Waals surface area (Å²) in [6.45, 7) is 2.05. The minimum absolute atomic E-state index is 0.00804. The Kier molecular flexibility index (Phi) is 6.72. The fourth-order valence-electron chi connectivity index (χ4n) is 2.47. The van der Waals surface area contributed by atoms with Gasteiger partial charge in [-0.3, -0.25) is 9.48 Å². The molecular weight excluding hydrogens is 483 g/mol. The molecule has 5 nitrogen and oxygen atoms in total. The Morgan fingerprint density at radius 3 is 2.68 bits per heavy atom. The van der Waals surface area contributed by atoms with Crippen LogP contribution in [0.2, 0.25) is 10.0 Å². The first-order chi connectivity index (χ1) is 13.3. The van der Waals surface area contributed by atoms with Crippen molar-refractivity contribution in [2.75, 3.05) is 10.6 Å². The topological polar surface area (TPSA) is 59.0 Å². The molecule has 2 aromatic carbocycles. The number of nitrogens with zero attached hydrogens (tertiary/aromatic N) is 2. The highest BCUT2D eigenvalue weighted by molar-refractivity contribution is 9.10. The number of halogens is 3. The van der Waals surface area contributed by atoms with Crippen molar-refractivity contribution in [2.45, 2.75) is 13.5 Å². The number of rotatable bonds is 5. The minimum atomic E-state index is -0.00804. The fraction of sp³-hybridized carbons (Fsp3) is 0.105. The van der Waals surface area contributed by atoms with Crippen molar-refractivity contribution in [2.24, 2.45) is 0 Å². The monoisotopic (exact) mass is 496 g/mol. The van der Waals surface area contributed by atoms with Crippen LogP contribution in [0.1, 0.15) is 22.8 Å². The summed E-state index contributed by atoms with van der Waals surface area (Å²) >= 11 is 20.8. The zero-order valence-corrected chi connectivity index (χ0v) is 18.6. The molecule has 1 aromatic heterocycles. The van der Waals surface area contributed by atoms with Gasteiger partial charge in [-0.25, -0.2) is 0 Å². The molecule has 2 N–H and O–H groups in total. The molecule has 28 heavy (non-hydrogen) atoms. The van der Waals surface area contributed by atoms with Gasteiger partial charge in [-0.2, -0.15) is 5.10 Å². The summed E-state index contributed by atoms with van der Waals surface area (Å²) in [6.07, 6.45) is 1.84. The average Bonchev–Trinajstić information content (AvgIpc) is 2.97. The summed E-state index contributed by atoms with van der Waals surface area (Å²) in [5.74, 6) is 0.562. The SMILES string of the molecule is CC(=O)c1cccc(NC(=S)Nc2nn(Cc3ccc(Cl)c(Cl)c3)cc2Br)c1. The van der Waals surface area contributed by atoms with Crippen molar-refractivity contribution in [3.63, 3.8) is 0 Å². The number of hydrogen-bond donors (Lipinski definition) is 2. The number of nitrogens with one attached hydrogen (secondary N) is 2. The molecule has 0 amide bonds. The zero-order valence-electron chi connectivity index (χ0n) is 14.7. The maximum absolute atomic E-state index is 11.5.